The smallest absolute Gasteiger partial charge is 0.309 e. The summed E-state index contributed by atoms with van der Waals surface area (Å²) >= 11 is 0. The van der Waals surface area contributed by atoms with E-state index in [0.29, 0.717) is 25.7 Å². The number of allylic oxidation sites excluding steroid dienone is 4. The van der Waals surface area contributed by atoms with E-state index in [1.54, 1.807) is 33.1 Å². The third-order valence-electron chi connectivity index (χ3n) is 9.54. The van der Waals surface area contributed by atoms with Gasteiger partial charge < -0.3 is 34.6 Å². The van der Waals surface area contributed by atoms with Crippen LogP contribution in [0.25, 0.3) is 0 Å². The molecule has 0 aliphatic heterocycles. The first kappa shape index (κ1) is 42.1. The number of carboxylic acids is 1. The quantitative estimate of drug-likeness (QED) is 0.0880. The van der Waals surface area contributed by atoms with E-state index < -0.39 is 41.9 Å². The van der Waals surface area contributed by atoms with Gasteiger partial charge in [-0.3, -0.25) is 9.59 Å². The molecule has 9 heteroatoms. The SMILES string of the molecule is CCCC(C=C(C)CC(C)CC(OC)C(O)C(CC(C)(C)C(=O)O)OC)C(=O)C=CC(C)C(O)C(C)=CC1CCC(O)C(OC)C1. The van der Waals surface area contributed by atoms with Crippen molar-refractivity contribution in [2.75, 3.05) is 21.3 Å². The lowest BCUT2D eigenvalue weighted by molar-refractivity contribution is -0.153. The zero-order valence-corrected chi connectivity index (χ0v) is 30.1. The van der Waals surface area contributed by atoms with Gasteiger partial charge >= 0.3 is 5.97 Å². The van der Waals surface area contributed by atoms with Crippen LogP contribution in [0.2, 0.25) is 0 Å². The van der Waals surface area contributed by atoms with Gasteiger partial charge in [0, 0.05) is 33.2 Å². The summed E-state index contributed by atoms with van der Waals surface area (Å²) in [5, 5.41) is 41.6. The predicted molar refractivity (Wildman–Crippen MR) is 181 cm³/mol. The molecule has 1 saturated carbocycles. The molecule has 4 N–H and O–H groups in total. The Balaban J connectivity index is 2.85. The van der Waals surface area contributed by atoms with Crippen LogP contribution in [-0.4, -0.2) is 90.1 Å². The van der Waals surface area contributed by atoms with Gasteiger partial charge in [-0.2, -0.15) is 0 Å². The average molecular weight is 653 g/mol. The summed E-state index contributed by atoms with van der Waals surface area (Å²) in [6.07, 6.45) is 9.16. The van der Waals surface area contributed by atoms with Crippen LogP contribution in [0.3, 0.4) is 0 Å². The van der Waals surface area contributed by atoms with E-state index in [1.807, 2.05) is 26.8 Å². The summed E-state index contributed by atoms with van der Waals surface area (Å²) in [4.78, 5) is 24.9. The summed E-state index contributed by atoms with van der Waals surface area (Å²) < 4.78 is 16.5. The van der Waals surface area contributed by atoms with Gasteiger partial charge in [-0.1, -0.05) is 51.0 Å². The molecular weight excluding hydrogens is 588 g/mol. The molecule has 0 spiro atoms. The van der Waals surface area contributed by atoms with Gasteiger partial charge in [0.1, 0.15) is 6.10 Å². The van der Waals surface area contributed by atoms with Gasteiger partial charge in [0.05, 0.1) is 35.9 Å². The van der Waals surface area contributed by atoms with Crippen molar-refractivity contribution in [1.29, 1.82) is 0 Å². The van der Waals surface area contributed by atoms with Crippen molar-refractivity contribution in [3.63, 3.8) is 0 Å². The Labute approximate surface area is 278 Å². The maximum absolute atomic E-state index is 13.3. The van der Waals surface area contributed by atoms with Crippen LogP contribution in [0, 0.1) is 29.1 Å². The van der Waals surface area contributed by atoms with Gasteiger partial charge in [0.15, 0.2) is 5.78 Å². The number of carboxylic acid groups (broad SMARTS) is 1. The number of hydrogen-bond donors (Lipinski definition) is 4. The molecule has 10 atom stereocenters. The number of aliphatic carboxylic acids is 1. The Bertz CT molecular complexity index is 1020. The summed E-state index contributed by atoms with van der Waals surface area (Å²) in [5.41, 5.74) is 0.879. The molecule has 1 aliphatic carbocycles. The number of aliphatic hydroxyl groups is 3. The number of carbonyl (C=O) groups excluding carboxylic acids is 1. The third kappa shape index (κ3) is 13.7. The van der Waals surface area contributed by atoms with Crippen LogP contribution < -0.4 is 0 Å². The van der Waals surface area contributed by atoms with Crippen molar-refractivity contribution < 1.29 is 44.2 Å². The molecule has 1 aliphatic rings. The normalized spacial score (nSPS) is 24.7. The van der Waals surface area contributed by atoms with Gasteiger partial charge in [-0.15, -0.1) is 0 Å². The molecule has 1 rings (SSSR count). The summed E-state index contributed by atoms with van der Waals surface area (Å²) in [6, 6.07) is 0. The molecule has 10 unspecified atom stereocenters. The van der Waals surface area contributed by atoms with Crippen LogP contribution in [0.5, 0.6) is 0 Å². The van der Waals surface area contributed by atoms with E-state index in [2.05, 4.69) is 19.9 Å². The molecule has 46 heavy (non-hydrogen) atoms. The molecule has 0 amide bonds. The Morgan fingerprint density at radius 3 is 2.20 bits per heavy atom. The fraction of sp³-hybridized carbons (Fsp3) is 0.784. The van der Waals surface area contributed by atoms with Crippen molar-refractivity contribution >= 4 is 11.8 Å². The molecule has 0 bridgehead atoms. The van der Waals surface area contributed by atoms with Crippen molar-refractivity contribution in [3.8, 4) is 0 Å². The van der Waals surface area contributed by atoms with Crippen molar-refractivity contribution in [3.05, 3.63) is 35.5 Å². The topological polar surface area (TPSA) is 143 Å². The molecule has 0 aromatic carbocycles. The molecule has 0 saturated heterocycles. The van der Waals surface area contributed by atoms with E-state index in [9.17, 15) is 30.0 Å². The minimum Gasteiger partial charge on any atom is -0.481 e. The highest BCUT2D eigenvalue weighted by atomic mass is 16.5. The highest BCUT2D eigenvalue weighted by Crippen LogP contribution is 2.31. The van der Waals surface area contributed by atoms with Crippen molar-refractivity contribution in [2.24, 2.45) is 29.1 Å². The minimum atomic E-state index is -1.06. The number of ether oxygens (including phenoxy) is 3. The highest BCUT2D eigenvalue weighted by molar-refractivity contribution is 5.93. The largest absolute Gasteiger partial charge is 0.481 e. The maximum Gasteiger partial charge on any atom is 0.309 e. The molecule has 0 aromatic heterocycles. The van der Waals surface area contributed by atoms with Gasteiger partial charge in [0.2, 0.25) is 0 Å². The fourth-order valence-corrected chi connectivity index (χ4v) is 6.52. The number of rotatable bonds is 21. The molecule has 0 aromatic rings. The first-order valence-corrected chi connectivity index (χ1v) is 16.9. The number of methoxy groups -OCH3 is 3. The third-order valence-corrected chi connectivity index (χ3v) is 9.54. The molecule has 9 nitrogen and oxygen atoms in total. The minimum absolute atomic E-state index is 0.00733. The molecule has 266 valence electrons. The van der Waals surface area contributed by atoms with E-state index in [0.717, 1.165) is 30.4 Å². The Kier molecular flexibility index (Phi) is 18.8. The first-order chi connectivity index (χ1) is 21.5. The molecule has 0 heterocycles. The lowest BCUT2D eigenvalue weighted by Crippen LogP contribution is -2.44. The Morgan fingerprint density at radius 2 is 1.65 bits per heavy atom. The van der Waals surface area contributed by atoms with Crippen molar-refractivity contribution in [2.45, 2.75) is 136 Å². The van der Waals surface area contributed by atoms with Crippen LogP contribution in [0.15, 0.2) is 35.5 Å². The van der Waals surface area contributed by atoms with E-state index in [-0.39, 0.29) is 42.0 Å². The van der Waals surface area contributed by atoms with E-state index in [1.165, 1.54) is 14.2 Å². The van der Waals surface area contributed by atoms with Crippen LogP contribution in [0.1, 0.15) is 99.8 Å². The van der Waals surface area contributed by atoms with Crippen LogP contribution in [-0.2, 0) is 23.8 Å². The maximum atomic E-state index is 13.3. The van der Waals surface area contributed by atoms with Crippen LogP contribution in [0.4, 0.5) is 0 Å². The number of ketones is 1. The van der Waals surface area contributed by atoms with E-state index >= 15 is 0 Å². The van der Waals surface area contributed by atoms with Crippen LogP contribution >= 0.6 is 0 Å². The standard InChI is InChI=1S/C37H64O9/c1-11-12-28(29(38)15-13-25(4)34(40)26(5)20-27-14-16-30(39)31(21-27)44-8)18-23(2)17-24(3)19-32(45-9)35(41)33(46-10)22-37(6,7)36(42)43/h13,15,18,20,24-25,27-28,30-35,39-41H,11-12,14,16-17,19,21-22H2,1-10H3,(H,42,43). The zero-order valence-electron chi connectivity index (χ0n) is 30.1. The second-order valence-corrected chi connectivity index (χ2v) is 14.3. The van der Waals surface area contributed by atoms with E-state index in [4.69, 9.17) is 14.2 Å². The number of carbonyl (C=O) groups is 2. The average Bonchev–Trinajstić information content (AvgIpc) is 3.00. The zero-order chi connectivity index (χ0) is 35.2. The summed E-state index contributed by atoms with van der Waals surface area (Å²) in [6.45, 7) is 13.2. The molecule has 0 radical (unpaired) electrons. The number of hydrogen-bond acceptors (Lipinski definition) is 8. The Hall–Kier alpha value is -1.88. The lowest BCUT2D eigenvalue weighted by atomic mass is 9.83. The van der Waals surface area contributed by atoms with Gasteiger partial charge in [0.25, 0.3) is 0 Å². The monoisotopic (exact) mass is 652 g/mol. The predicted octanol–water partition coefficient (Wildman–Crippen LogP) is 5.90. The highest BCUT2D eigenvalue weighted by Gasteiger charge is 2.37. The second-order valence-electron chi connectivity index (χ2n) is 14.3. The summed E-state index contributed by atoms with van der Waals surface area (Å²) in [5.74, 6) is -1.09. The number of aliphatic hydroxyl groups excluding tert-OH is 3. The first-order valence-electron chi connectivity index (χ1n) is 16.9. The molecule has 1 fully saturated rings. The summed E-state index contributed by atoms with van der Waals surface area (Å²) in [7, 11) is 4.62. The fourth-order valence-electron chi connectivity index (χ4n) is 6.52. The van der Waals surface area contributed by atoms with Crippen molar-refractivity contribution in [1.82, 2.24) is 0 Å². The second kappa shape index (κ2) is 20.5. The lowest BCUT2D eigenvalue weighted by Gasteiger charge is -2.33. The molecular formula is C37H64O9. The Morgan fingerprint density at radius 1 is 1.02 bits per heavy atom. The van der Waals surface area contributed by atoms with Gasteiger partial charge in [-0.05, 0) is 96.1 Å². The van der Waals surface area contributed by atoms with Gasteiger partial charge in [-0.25, -0.2) is 0 Å².